The number of rotatable bonds is 3. The molecule has 0 spiro atoms. The lowest BCUT2D eigenvalue weighted by Gasteiger charge is -2.03. The van der Waals surface area contributed by atoms with Crippen molar-refractivity contribution in [3.05, 3.63) is 69.7 Å². The summed E-state index contributed by atoms with van der Waals surface area (Å²) in [6.07, 6.45) is 0. The van der Waals surface area contributed by atoms with E-state index in [2.05, 4.69) is 20.9 Å². The van der Waals surface area contributed by atoms with Crippen molar-refractivity contribution in [1.29, 1.82) is 0 Å². The topological polar surface area (TPSA) is 66.2 Å². The molecule has 0 atom stereocenters. The summed E-state index contributed by atoms with van der Waals surface area (Å²) in [6, 6.07) is 16.3. The number of para-hydroxylation sites is 1. The first-order chi connectivity index (χ1) is 12.0. The fourth-order valence-corrected chi connectivity index (χ4v) is 3.54. The molecule has 2 N–H and O–H groups in total. The lowest BCUT2D eigenvalue weighted by molar-refractivity contribution is 0.0697. The van der Waals surface area contributed by atoms with Crippen LogP contribution in [0, 0.1) is 0 Å². The van der Waals surface area contributed by atoms with Crippen molar-refractivity contribution in [3.8, 4) is 22.7 Å². The highest BCUT2D eigenvalue weighted by molar-refractivity contribution is 9.10. The molecule has 2 heterocycles. The molecular formula is C19H11BrClNO3. The molecule has 6 heteroatoms. The molecule has 0 bridgehead atoms. The van der Waals surface area contributed by atoms with E-state index in [1.165, 1.54) is 0 Å². The first-order valence-electron chi connectivity index (χ1n) is 7.43. The Labute approximate surface area is 156 Å². The number of nitrogens with one attached hydrogen (secondary N) is 1. The summed E-state index contributed by atoms with van der Waals surface area (Å²) in [6.45, 7) is 0. The van der Waals surface area contributed by atoms with E-state index in [1.807, 2.05) is 30.3 Å². The molecule has 0 unspecified atom stereocenters. The number of aromatic nitrogens is 1. The Hall–Kier alpha value is -2.50. The van der Waals surface area contributed by atoms with Gasteiger partial charge in [-0.1, -0.05) is 45.7 Å². The maximum Gasteiger partial charge on any atom is 0.335 e. The van der Waals surface area contributed by atoms with Gasteiger partial charge in [0, 0.05) is 21.1 Å². The zero-order valence-corrected chi connectivity index (χ0v) is 15.1. The van der Waals surface area contributed by atoms with Gasteiger partial charge in [-0.25, -0.2) is 4.79 Å². The van der Waals surface area contributed by atoms with Crippen molar-refractivity contribution in [2.45, 2.75) is 0 Å². The van der Waals surface area contributed by atoms with Gasteiger partial charge in [0.05, 0.1) is 16.3 Å². The summed E-state index contributed by atoms with van der Waals surface area (Å²) in [5.41, 5.74) is 3.42. The number of halogens is 2. The molecule has 2 aromatic carbocycles. The minimum Gasteiger partial charge on any atom is -0.478 e. The van der Waals surface area contributed by atoms with E-state index in [-0.39, 0.29) is 5.56 Å². The number of hydrogen-bond donors (Lipinski definition) is 2. The molecule has 0 fully saturated rings. The first-order valence-corrected chi connectivity index (χ1v) is 8.60. The van der Waals surface area contributed by atoms with E-state index in [0.717, 1.165) is 22.3 Å². The van der Waals surface area contributed by atoms with Crippen LogP contribution in [0.3, 0.4) is 0 Å². The predicted molar refractivity (Wildman–Crippen MR) is 101 cm³/mol. The molecular weight excluding hydrogens is 406 g/mol. The number of H-pyrrole nitrogens is 1. The third-order valence-electron chi connectivity index (χ3n) is 3.95. The molecule has 25 heavy (non-hydrogen) atoms. The maximum absolute atomic E-state index is 11.1. The monoisotopic (exact) mass is 415 g/mol. The number of aromatic carboxylic acids is 1. The van der Waals surface area contributed by atoms with Gasteiger partial charge in [0.15, 0.2) is 11.3 Å². The van der Waals surface area contributed by atoms with Gasteiger partial charge in [0.2, 0.25) is 0 Å². The summed E-state index contributed by atoms with van der Waals surface area (Å²) < 4.78 is 6.56. The molecule has 2 aromatic heterocycles. The van der Waals surface area contributed by atoms with Gasteiger partial charge in [-0.15, -0.1) is 0 Å². The van der Waals surface area contributed by atoms with Crippen LogP contribution in [0.25, 0.3) is 33.7 Å². The Morgan fingerprint density at radius 3 is 2.60 bits per heavy atom. The molecule has 0 saturated carbocycles. The third-order valence-corrected chi connectivity index (χ3v) is 4.91. The maximum atomic E-state index is 11.1. The molecule has 0 aliphatic heterocycles. The summed E-state index contributed by atoms with van der Waals surface area (Å²) in [7, 11) is 0. The average molecular weight is 417 g/mol. The molecule has 0 radical (unpaired) electrons. The van der Waals surface area contributed by atoms with Crippen molar-refractivity contribution in [3.63, 3.8) is 0 Å². The normalized spacial score (nSPS) is 11.1. The van der Waals surface area contributed by atoms with Crippen LogP contribution < -0.4 is 0 Å². The third kappa shape index (κ3) is 2.86. The van der Waals surface area contributed by atoms with E-state index < -0.39 is 5.97 Å². The molecule has 124 valence electrons. The minimum absolute atomic E-state index is 0.231. The summed E-state index contributed by atoms with van der Waals surface area (Å²) in [4.78, 5) is 14.4. The number of furan rings is 1. The lowest BCUT2D eigenvalue weighted by Crippen LogP contribution is -1.96. The Morgan fingerprint density at radius 2 is 1.88 bits per heavy atom. The number of aromatic amines is 1. The largest absolute Gasteiger partial charge is 0.478 e. The van der Waals surface area contributed by atoms with E-state index >= 15 is 0 Å². The van der Waals surface area contributed by atoms with Crippen LogP contribution in [0.15, 0.2) is 63.5 Å². The fraction of sp³-hybridized carbons (Fsp3) is 0. The predicted octanol–water partition coefficient (Wildman–Crippen LogP) is 6.21. The Morgan fingerprint density at radius 1 is 1.08 bits per heavy atom. The van der Waals surface area contributed by atoms with Crippen molar-refractivity contribution in [2.75, 3.05) is 0 Å². The Kier molecular flexibility index (Phi) is 3.90. The van der Waals surface area contributed by atoms with Crippen LogP contribution in [-0.2, 0) is 0 Å². The lowest BCUT2D eigenvalue weighted by atomic mass is 10.1. The molecule has 4 aromatic rings. The number of hydrogen-bond acceptors (Lipinski definition) is 2. The first kappa shape index (κ1) is 16.0. The quantitative estimate of drug-likeness (QED) is 0.417. The Balaban J connectivity index is 1.74. The zero-order valence-electron chi connectivity index (χ0n) is 12.7. The number of carboxylic acid groups (broad SMARTS) is 1. The van der Waals surface area contributed by atoms with E-state index in [4.69, 9.17) is 21.1 Å². The van der Waals surface area contributed by atoms with Crippen LogP contribution in [0.1, 0.15) is 10.4 Å². The summed E-state index contributed by atoms with van der Waals surface area (Å²) in [5, 5.41) is 10.6. The van der Waals surface area contributed by atoms with E-state index in [0.29, 0.717) is 20.8 Å². The van der Waals surface area contributed by atoms with Gasteiger partial charge in [0.1, 0.15) is 0 Å². The molecule has 4 nitrogen and oxygen atoms in total. The number of benzene rings is 2. The molecule has 4 rings (SSSR count). The molecule has 0 amide bonds. The molecule has 0 saturated heterocycles. The second-order valence-electron chi connectivity index (χ2n) is 5.55. The second-order valence-corrected chi connectivity index (χ2v) is 6.82. The average Bonchev–Trinajstić information content (AvgIpc) is 3.21. The van der Waals surface area contributed by atoms with Crippen LogP contribution in [0.4, 0.5) is 0 Å². The van der Waals surface area contributed by atoms with Crippen LogP contribution >= 0.6 is 27.5 Å². The SMILES string of the molecule is O=C(O)c1ccc(-c2ccc(-c3cc4cccc(Cl)c4o3)[nH]2)c(Br)c1. The van der Waals surface area contributed by atoms with Gasteiger partial charge < -0.3 is 14.5 Å². The van der Waals surface area contributed by atoms with E-state index in [1.54, 1.807) is 24.3 Å². The summed E-state index contributed by atoms with van der Waals surface area (Å²) in [5.74, 6) is -0.272. The number of fused-ring (bicyclic) bond motifs is 1. The smallest absolute Gasteiger partial charge is 0.335 e. The van der Waals surface area contributed by atoms with Gasteiger partial charge in [-0.05, 0) is 36.4 Å². The van der Waals surface area contributed by atoms with Gasteiger partial charge in [-0.3, -0.25) is 0 Å². The van der Waals surface area contributed by atoms with Gasteiger partial charge in [-0.2, -0.15) is 0 Å². The molecule has 0 aliphatic rings. The van der Waals surface area contributed by atoms with E-state index in [9.17, 15) is 4.79 Å². The van der Waals surface area contributed by atoms with Gasteiger partial charge >= 0.3 is 5.97 Å². The van der Waals surface area contributed by atoms with Crippen LogP contribution in [0.5, 0.6) is 0 Å². The highest BCUT2D eigenvalue weighted by atomic mass is 79.9. The zero-order chi connectivity index (χ0) is 17.6. The van der Waals surface area contributed by atoms with Crippen LogP contribution in [0.2, 0.25) is 5.02 Å². The van der Waals surface area contributed by atoms with Crippen molar-refractivity contribution in [1.82, 2.24) is 4.98 Å². The fourth-order valence-electron chi connectivity index (χ4n) is 2.72. The second kappa shape index (κ2) is 6.10. The summed E-state index contributed by atoms with van der Waals surface area (Å²) >= 11 is 9.59. The molecule has 0 aliphatic carbocycles. The van der Waals surface area contributed by atoms with Gasteiger partial charge in [0.25, 0.3) is 0 Å². The highest BCUT2D eigenvalue weighted by Crippen LogP contribution is 2.34. The number of carbonyl (C=O) groups is 1. The minimum atomic E-state index is -0.960. The van der Waals surface area contributed by atoms with Crippen molar-refractivity contribution < 1.29 is 14.3 Å². The van der Waals surface area contributed by atoms with Crippen molar-refractivity contribution in [2.24, 2.45) is 0 Å². The Bertz CT molecular complexity index is 1110. The highest BCUT2D eigenvalue weighted by Gasteiger charge is 2.13. The standard InChI is InChI=1S/C19H11BrClNO3/c20-13-8-11(19(23)24)4-5-12(13)15-6-7-16(22-15)17-9-10-2-1-3-14(21)18(10)25-17/h1-9,22H,(H,23,24). The van der Waals surface area contributed by atoms with Crippen molar-refractivity contribution >= 4 is 44.5 Å². The van der Waals surface area contributed by atoms with Crippen LogP contribution in [-0.4, -0.2) is 16.1 Å². The number of carboxylic acids is 1.